The zero-order valence-electron chi connectivity index (χ0n) is 17.2. The highest BCUT2D eigenvalue weighted by atomic mass is 16.5. The van der Waals surface area contributed by atoms with Gasteiger partial charge < -0.3 is 9.47 Å². The van der Waals surface area contributed by atoms with Crippen LogP contribution in [0.5, 0.6) is 5.75 Å². The molecule has 0 radical (unpaired) electrons. The van der Waals surface area contributed by atoms with Crippen molar-refractivity contribution in [3.8, 4) is 17.8 Å². The maximum atomic E-state index is 12.5. The number of hydrogen-bond donors (Lipinski definition) is 0. The summed E-state index contributed by atoms with van der Waals surface area (Å²) in [6.07, 6.45) is 13.8. The first-order valence-electron chi connectivity index (χ1n) is 10.6. The molecular formula is C24H32O4. The van der Waals surface area contributed by atoms with Gasteiger partial charge in [-0.2, -0.15) is 0 Å². The van der Waals surface area contributed by atoms with Crippen LogP contribution in [-0.2, 0) is 4.74 Å². The standard InChI is InChI=1S/C24H32O4/c1-3-5-6-7-8-9-10-11-12-13-18-27-20-16-14-15-19-21(20)23(26)24(22(19)25)28-17-4-2/h14-16,24H,3,5-13,18H2,1-2H3. The molecule has 0 aromatic heterocycles. The van der Waals surface area contributed by atoms with E-state index in [1.54, 1.807) is 25.1 Å². The van der Waals surface area contributed by atoms with Gasteiger partial charge in [0.1, 0.15) is 11.9 Å². The summed E-state index contributed by atoms with van der Waals surface area (Å²) >= 11 is 0. The zero-order chi connectivity index (χ0) is 20.2. The zero-order valence-corrected chi connectivity index (χ0v) is 17.2. The first kappa shape index (κ1) is 22.0. The Hall–Kier alpha value is -2.28. The summed E-state index contributed by atoms with van der Waals surface area (Å²) in [7, 11) is 0. The van der Waals surface area contributed by atoms with E-state index in [9.17, 15) is 9.59 Å². The third kappa shape index (κ3) is 6.12. The predicted molar refractivity (Wildman–Crippen MR) is 111 cm³/mol. The summed E-state index contributed by atoms with van der Waals surface area (Å²) in [6, 6.07) is 5.13. The number of carbonyl (C=O) groups excluding carboxylic acids is 2. The van der Waals surface area contributed by atoms with Gasteiger partial charge in [0.05, 0.1) is 12.2 Å². The van der Waals surface area contributed by atoms with Gasteiger partial charge in [-0.3, -0.25) is 9.59 Å². The number of unbranched alkanes of at least 4 members (excludes halogenated alkanes) is 9. The molecular weight excluding hydrogens is 352 g/mol. The third-order valence-electron chi connectivity index (χ3n) is 5.05. The van der Waals surface area contributed by atoms with E-state index in [0.717, 1.165) is 12.8 Å². The minimum absolute atomic E-state index is 0.336. The summed E-state index contributed by atoms with van der Waals surface area (Å²) in [6.45, 7) is 4.39. The number of carbonyl (C=O) groups is 2. The Morgan fingerprint density at radius 3 is 2.18 bits per heavy atom. The van der Waals surface area contributed by atoms with Crippen LogP contribution in [0.1, 0.15) is 98.8 Å². The topological polar surface area (TPSA) is 52.6 Å². The molecule has 0 N–H and O–H groups in total. The van der Waals surface area contributed by atoms with Gasteiger partial charge in [0.25, 0.3) is 0 Å². The molecule has 2 rings (SSSR count). The highest BCUT2D eigenvalue weighted by molar-refractivity contribution is 6.29. The number of Topliss-reactive ketones (excluding diaryl/α,β-unsaturated/α-hetero) is 2. The summed E-state index contributed by atoms with van der Waals surface area (Å²) in [4.78, 5) is 24.9. The van der Waals surface area contributed by atoms with Crippen molar-refractivity contribution in [3.05, 3.63) is 29.3 Å². The smallest absolute Gasteiger partial charge is 0.235 e. The molecule has 0 bridgehead atoms. The van der Waals surface area contributed by atoms with Crippen LogP contribution < -0.4 is 4.74 Å². The molecule has 152 valence electrons. The van der Waals surface area contributed by atoms with Crippen LogP contribution in [-0.4, -0.2) is 24.3 Å². The summed E-state index contributed by atoms with van der Waals surface area (Å²) < 4.78 is 10.9. The molecule has 0 heterocycles. The highest BCUT2D eigenvalue weighted by Crippen LogP contribution is 2.32. The Balaban J connectivity index is 1.72. The van der Waals surface area contributed by atoms with Crippen LogP contribution >= 0.6 is 0 Å². The van der Waals surface area contributed by atoms with E-state index in [0.29, 0.717) is 23.5 Å². The van der Waals surface area contributed by atoms with Gasteiger partial charge in [0.2, 0.25) is 17.7 Å². The van der Waals surface area contributed by atoms with Crippen molar-refractivity contribution in [1.82, 2.24) is 0 Å². The van der Waals surface area contributed by atoms with Crippen molar-refractivity contribution in [2.75, 3.05) is 6.61 Å². The molecule has 0 spiro atoms. The maximum absolute atomic E-state index is 12.5. The van der Waals surface area contributed by atoms with Crippen molar-refractivity contribution in [2.24, 2.45) is 0 Å². The van der Waals surface area contributed by atoms with E-state index in [4.69, 9.17) is 9.47 Å². The van der Waals surface area contributed by atoms with Gasteiger partial charge in [-0.15, -0.1) is 0 Å². The van der Waals surface area contributed by atoms with E-state index < -0.39 is 6.10 Å². The van der Waals surface area contributed by atoms with Gasteiger partial charge in [0, 0.05) is 12.5 Å². The van der Waals surface area contributed by atoms with Crippen LogP contribution in [0, 0.1) is 12.0 Å². The van der Waals surface area contributed by atoms with E-state index in [1.165, 1.54) is 51.4 Å². The SMILES string of the molecule is CC#COC1C(=O)c2cccc(OCCCCCCCCCCCC)c2C1=O. The van der Waals surface area contributed by atoms with Gasteiger partial charge in [-0.05, 0) is 12.5 Å². The molecule has 1 aliphatic carbocycles. The van der Waals surface area contributed by atoms with Crippen molar-refractivity contribution >= 4 is 11.6 Å². The number of ketones is 2. The average Bonchev–Trinajstić information content (AvgIpc) is 2.95. The minimum Gasteiger partial charge on any atom is -0.493 e. The second kappa shape index (κ2) is 12.2. The fourth-order valence-electron chi connectivity index (χ4n) is 3.50. The van der Waals surface area contributed by atoms with E-state index in [-0.39, 0.29) is 11.6 Å². The van der Waals surface area contributed by atoms with E-state index >= 15 is 0 Å². The summed E-state index contributed by atoms with van der Waals surface area (Å²) in [5.41, 5.74) is 0.705. The molecule has 1 unspecified atom stereocenters. The first-order valence-corrected chi connectivity index (χ1v) is 10.6. The third-order valence-corrected chi connectivity index (χ3v) is 5.05. The predicted octanol–water partition coefficient (Wildman–Crippen LogP) is 5.73. The Morgan fingerprint density at radius 1 is 0.893 bits per heavy atom. The van der Waals surface area contributed by atoms with Crippen molar-refractivity contribution in [2.45, 2.75) is 84.2 Å². The van der Waals surface area contributed by atoms with Crippen molar-refractivity contribution in [1.29, 1.82) is 0 Å². The lowest BCUT2D eigenvalue weighted by atomic mass is 10.1. The average molecular weight is 385 g/mol. The molecule has 0 amide bonds. The van der Waals surface area contributed by atoms with Gasteiger partial charge in [-0.1, -0.05) is 82.8 Å². The highest BCUT2D eigenvalue weighted by Gasteiger charge is 2.42. The first-order chi connectivity index (χ1) is 13.7. The summed E-state index contributed by atoms with van der Waals surface area (Å²) in [5.74, 6) is 2.32. The van der Waals surface area contributed by atoms with Crippen LogP contribution in [0.15, 0.2) is 18.2 Å². The lowest BCUT2D eigenvalue weighted by Gasteiger charge is -2.09. The van der Waals surface area contributed by atoms with Crippen molar-refractivity contribution in [3.63, 3.8) is 0 Å². The quantitative estimate of drug-likeness (QED) is 0.247. The molecule has 1 atom stereocenters. The van der Waals surface area contributed by atoms with Crippen LogP contribution in [0.2, 0.25) is 0 Å². The molecule has 1 aliphatic rings. The molecule has 1 aromatic rings. The number of ether oxygens (including phenoxy) is 2. The lowest BCUT2D eigenvalue weighted by molar-refractivity contribution is 0.0658. The minimum atomic E-state index is -1.16. The largest absolute Gasteiger partial charge is 0.493 e. The van der Waals surface area contributed by atoms with Crippen LogP contribution in [0.4, 0.5) is 0 Å². The normalized spacial score (nSPS) is 15.1. The van der Waals surface area contributed by atoms with Gasteiger partial charge >= 0.3 is 0 Å². The molecule has 0 fully saturated rings. The molecule has 0 saturated carbocycles. The number of hydrogen-bond acceptors (Lipinski definition) is 4. The monoisotopic (exact) mass is 384 g/mol. The van der Waals surface area contributed by atoms with Gasteiger partial charge in [0.15, 0.2) is 0 Å². The number of fused-ring (bicyclic) bond motifs is 1. The maximum Gasteiger partial charge on any atom is 0.235 e. The fraction of sp³-hybridized carbons (Fsp3) is 0.583. The second-order valence-corrected chi connectivity index (χ2v) is 7.29. The molecule has 0 saturated heterocycles. The molecule has 0 aliphatic heterocycles. The lowest BCUT2D eigenvalue weighted by Crippen LogP contribution is -2.24. The second-order valence-electron chi connectivity index (χ2n) is 7.29. The molecule has 4 heteroatoms. The van der Waals surface area contributed by atoms with Crippen LogP contribution in [0.3, 0.4) is 0 Å². The van der Waals surface area contributed by atoms with Crippen LogP contribution in [0.25, 0.3) is 0 Å². The van der Waals surface area contributed by atoms with E-state index in [2.05, 4.69) is 19.0 Å². The number of benzene rings is 1. The Kier molecular flexibility index (Phi) is 9.62. The van der Waals surface area contributed by atoms with Gasteiger partial charge in [-0.25, -0.2) is 0 Å². The molecule has 4 nitrogen and oxygen atoms in total. The Labute approximate surface area is 169 Å². The van der Waals surface area contributed by atoms with Crippen molar-refractivity contribution < 1.29 is 19.1 Å². The van der Waals surface area contributed by atoms with E-state index in [1.807, 2.05) is 0 Å². The fourth-order valence-corrected chi connectivity index (χ4v) is 3.50. The Morgan fingerprint density at radius 2 is 1.54 bits per heavy atom. The Bertz CT molecular complexity index is 711. The number of rotatable bonds is 13. The summed E-state index contributed by atoms with van der Waals surface area (Å²) in [5, 5.41) is 0. The molecule has 28 heavy (non-hydrogen) atoms. The molecule has 1 aromatic carbocycles.